The third-order valence-electron chi connectivity index (χ3n) is 14.2. The van der Waals surface area contributed by atoms with E-state index in [2.05, 4.69) is 27.4 Å². The summed E-state index contributed by atoms with van der Waals surface area (Å²) in [4.78, 5) is 0. The molecule has 0 bridgehead atoms. The summed E-state index contributed by atoms with van der Waals surface area (Å²) in [5.74, 6) is 0.0658. The second-order valence-electron chi connectivity index (χ2n) is 16.3. The lowest BCUT2D eigenvalue weighted by Gasteiger charge is -2.73. The molecule has 260 valence electrons. The molecule has 15 heteroatoms. The molecular formula is C30H50O12S3. The second-order valence-corrected chi connectivity index (χ2v) is 19.5. The lowest BCUT2D eigenvalue weighted by molar-refractivity contribution is -0.257. The zero-order valence-electron chi connectivity index (χ0n) is 27.1. The fraction of sp³-hybridized carbons (Fsp3) is 0.933. The zero-order chi connectivity index (χ0) is 33.8. The highest BCUT2D eigenvalue weighted by Crippen LogP contribution is 2.77. The van der Waals surface area contributed by atoms with Gasteiger partial charge in [0.05, 0.1) is 18.8 Å². The van der Waals surface area contributed by atoms with Gasteiger partial charge in [0.2, 0.25) is 0 Å². The maximum Gasteiger partial charge on any atom is 0.397 e. The van der Waals surface area contributed by atoms with Crippen molar-refractivity contribution in [3.63, 3.8) is 0 Å². The van der Waals surface area contributed by atoms with Crippen LogP contribution in [0.2, 0.25) is 0 Å². The van der Waals surface area contributed by atoms with Gasteiger partial charge in [-0.2, -0.15) is 25.3 Å². The molecule has 0 saturated heterocycles. The first-order valence-electron chi connectivity index (χ1n) is 15.9. The van der Waals surface area contributed by atoms with Crippen LogP contribution in [0.5, 0.6) is 0 Å². The van der Waals surface area contributed by atoms with Crippen LogP contribution in [0.4, 0.5) is 0 Å². The molecule has 0 aromatic rings. The predicted octanol–water partition coefficient (Wildman–Crippen LogP) is 5.45. The molecule has 0 radical (unpaired) electrons. The van der Waals surface area contributed by atoms with Crippen molar-refractivity contribution in [1.82, 2.24) is 0 Å². The van der Waals surface area contributed by atoms with E-state index in [9.17, 15) is 38.9 Å². The molecule has 0 heterocycles. The van der Waals surface area contributed by atoms with E-state index in [4.69, 9.17) is 12.5 Å². The maximum absolute atomic E-state index is 12.3. The van der Waals surface area contributed by atoms with E-state index in [0.29, 0.717) is 37.7 Å². The van der Waals surface area contributed by atoms with Gasteiger partial charge in [-0.15, -0.1) is 0 Å². The SMILES string of the molecule is C=C(COS(=O)(=O)O)[C@@H]1CC[C@@]2(C)[C@H]1[C@H]1CC[C@@H]3[C@@]4(C)CC[C@H](OS(=O)(=O)O)C(C)(C)[C@@H]4CC[C@@]3(C)[C@]1(C)C[C@@H]2OS(=O)(=O)O. The molecule has 0 unspecified atom stereocenters. The Morgan fingerprint density at radius 1 is 0.689 bits per heavy atom. The molecule has 0 aliphatic heterocycles. The summed E-state index contributed by atoms with van der Waals surface area (Å²) in [6.07, 6.45) is 4.64. The smallest absolute Gasteiger partial charge is 0.264 e. The Labute approximate surface area is 268 Å². The first-order valence-corrected chi connectivity index (χ1v) is 20.0. The summed E-state index contributed by atoms with van der Waals surface area (Å²) in [6, 6.07) is 0. The molecule has 0 amide bonds. The van der Waals surface area contributed by atoms with Crippen LogP contribution in [0.3, 0.4) is 0 Å². The summed E-state index contributed by atoms with van der Waals surface area (Å²) in [6.45, 7) is 16.6. The minimum Gasteiger partial charge on any atom is -0.264 e. The third kappa shape index (κ3) is 5.87. The van der Waals surface area contributed by atoms with E-state index in [-0.39, 0.29) is 47.0 Å². The molecule has 0 aromatic carbocycles. The van der Waals surface area contributed by atoms with Crippen LogP contribution >= 0.6 is 0 Å². The van der Waals surface area contributed by atoms with Crippen LogP contribution in [0, 0.1) is 56.7 Å². The Kier molecular flexibility index (Phi) is 8.66. The Morgan fingerprint density at radius 3 is 1.84 bits per heavy atom. The van der Waals surface area contributed by atoms with E-state index in [0.717, 1.165) is 25.7 Å². The molecule has 0 spiro atoms. The fourth-order valence-corrected chi connectivity index (χ4v) is 13.8. The molecular weight excluding hydrogens is 649 g/mol. The van der Waals surface area contributed by atoms with Gasteiger partial charge in [0.15, 0.2) is 0 Å². The predicted molar refractivity (Wildman–Crippen MR) is 165 cm³/mol. The highest BCUT2D eigenvalue weighted by atomic mass is 32.3. The molecule has 5 fully saturated rings. The van der Waals surface area contributed by atoms with E-state index in [1.54, 1.807) is 0 Å². The monoisotopic (exact) mass is 698 g/mol. The lowest BCUT2D eigenvalue weighted by Crippen LogP contribution is -2.68. The van der Waals surface area contributed by atoms with Crippen molar-refractivity contribution in [2.45, 2.75) is 112 Å². The zero-order valence-corrected chi connectivity index (χ0v) is 29.5. The van der Waals surface area contributed by atoms with E-state index in [1.165, 1.54) is 0 Å². The van der Waals surface area contributed by atoms with Gasteiger partial charge in [-0.1, -0.05) is 48.1 Å². The molecule has 3 N–H and O–H groups in total. The topological polar surface area (TPSA) is 191 Å². The van der Waals surface area contributed by atoms with Crippen molar-refractivity contribution in [3.8, 4) is 0 Å². The summed E-state index contributed by atoms with van der Waals surface area (Å²) < 4.78 is 115. The van der Waals surface area contributed by atoms with Crippen LogP contribution in [-0.4, -0.2) is 57.7 Å². The average Bonchev–Trinajstić information content (AvgIpc) is 3.22. The van der Waals surface area contributed by atoms with E-state index >= 15 is 0 Å². The molecule has 5 aliphatic rings. The number of rotatable bonds is 8. The summed E-state index contributed by atoms with van der Waals surface area (Å²) in [5, 5.41) is 0. The Morgan fingerprint density at radius 2 is 1.27 bits per heavy atom. The Balaban J connectivity index is 1.55. The Hall–Kier alpha value is -0.650. The summed E-state index contributed by atoms with van der Waals surface area (Å²) in [5.41, 5.74) is -1.59. The van der Waals surface area contributed by atoms with Gasteiger partial charge in [-0.25, -0.2) is 12.5 Å². The molecule has 12 nitrogen and oxygen atoms in total. The van der Waals surface area contributed by atoms with Gasteiger partial charge in [0.1, 0.15) is 0 Å². The number of hydrogen-bond acceptors (Lipinski definition) is 9. The lowest BCUT2D eigenvalue weighted by atomic mass is 9.32. The molecule has 45 heavy (non-hydrogen) atoms. The van der Waals surface area contributed by atoms with Gasteiger partial charge >= 0.3 is 31.2 Å². The van der Waals surface area contributed by atoms with Crippen molar-refractivity contribution in [2.75, 3.05) is 6.61 Å². The molecule has 0 aromatic heterocycles. The highest BCUT2D eigenvalue weighted by molar-refractivity contribution is 7.81. The number of hydrogen-bond donors (Lipinski definition) is 3. The molecule has 5 saturated carbocycles. The Bertz CT molecular complexity index is 1540. The van der Waals surface area contributed by atoms with Crippen LogP contribution in [0.25, 0.3) is 0 Å². The largest absolute Gasteiger partial charge is 0.397 e. The van der Waals surface area contributed by atoms with Crippen LogP contribution in [-0.2, 0) is 43.7 Å². The van der Waals surface area contributed by atoms with Gasteiger partial charge in [-0.3, -0.25) is 13.7 Å². The van der Waals surface area contributed by atoms with Crippen molar-refractivity contribution >= 4 is 31.2 Å². The first kappa shape index (κ1) is 35.7. The van der Waals surface area contributed by atoms with E-state index < -0.39 is 59.6 Å². The average molecular weight is 699 g/mol. The van der Waals surface area contributed by atoms with Gasteiger partial charge in [0.25, 0.3) is 0 Å². The van der Waals surface area contributed by atoms with Crippen LogP contribution < -0.4 is 0 Å². The molecule has 5 aliphatic carbocycles. The number of fused-ring (bicyclic) bond motifs is 7. The minimum absolute atomic E-state index is 0.104. The quantitative estimate of drug-likeness (QED) is 0.215. The van der Waals surface area contributed by atoms with Crippen molar-refractivity contribution < 1.29 is 51.5 Å². The highest BCUT2D eigenvalue weighted by Gasteiger charge is 2.72. The van der Waals surface area contributed by atoms with Gasteiger partial charge < -0.3 is 0 Å². The van der Waals surface area contributed by atoms with E-state index in [1.807, 2.05) is 20.8 Å². The van der Waals surface area contributed by atoms with Crippen molar-refractivity contribution in [2.24, 2.45) is 56.7 Å². The third-order valence-corrected chi connectivity index (χ3v) is 15.6. The maximum atomic E-state index is 12.3. The molecule has 11 atom stereocenters. The summed E-state index contributed by atoms with van der Waals surface area (Å²) >= 11 is 0. The fourth-order valence-electron chi connectivity index (χ4n) is 12.2. The second kappa shape index (κ2) is 10.9. The minimum atomic E-state index is -4.79. The van der Waals surface area contributed by atoms with Gasteiger partial charge in [0, 0.05) is 0 Å². The first-order chi connectivity index (χ1) is 20.3. The normalized spacial score (nSPS) is 46.4. The van der Waals surface area contributed by atoms with Crippen molar-refractivity contribution in [1.29, 1.82) is 0 Å². The van der Waals surface area contributed by atoms with Crippen LogP contribution in [0.15, 0.2) is 12.2 Å². The standard InChI is InChI=1S/C30H50O12S3/c1-18(17-40-43(31,32)33)19-10-13-28(5)24(42-45(37,38)39)16-30(7)20(25(19)28)8-9-22-27(4)14-12-23(41-44(34,35)36)26(2,3)21(27)11-15-29(22,30)6/h19-25H,1,8-17H2,2-7H3,(H,31,32,33)(H,34,35,36)(H,37,38,39)/t19-,20+,21-,22+,23-,24-,25+,27-,28+,29+,30+/m0/s1. The van der Waals surface area contributed by atoms with Crippen LogP contribution in [0.1, 0.15) is 99.3 Å². The molecule has 5 rings (SSSR count). The van der Waals surface area contributed by atoms with Gasteiger partial charge in [-0.05, 0) is 120 Å². The van der Waals surface area contributed by atoms with Crippen molar-refractivity contribution in [3.05, 3.63) is 12.2 Å². The summed E-state index contributed by atoms with van der Waals surface area (Å²) in [7, 11) is -14.1.